The molecule has 0 radical (unpaired) electrons. The maximum atomic E-state index is 12.2. The highest BCUT2D eigenvalue weighted by atomic mass is 35.5. The average molecular weight is 405 g/mol. The summed E-state index contributed by atoms with van der Waals surface area (Å²) in [5, 5.41) is 0.713. The molecule has 3 nitrogen and oxygen atoms in total. The molecule has 0 N–H and O–H groups in total. The van der Waals surface area contributed by atoms with Gasteiger partial charge in [-0.1, -0.05) is 53.3 Å². The van der Waals surface area contributed by atoms with E-state index in [4.69, 9.17) is 11.6 Å². The smallest absolute Gasteiger partial charge is 0.248 e. The number of rotatable bonds is 6. The van der Waals surface area contributed by atoms with Gasteiger partial charge in [-0.05, 0) is 42.4 Å². The molecule has 3 rings (SSSR count). The zero-order valence-corrected chi connectivity index (χ0v) is 17.3. The second-order valence-electron chi connectivity index (χ2n) is 6.16. The van der Waals surface area contributed by atoms with Gasteiger partial charge in [-0.2, -0.15) is 16.8 Å². The van der Waals surface area contributed by atoms with E-state index in [1.54, 1.807) is 0 Å². The Bertz CT molecular complexity index is 977. The van der Waals surface area contributed by atoms with Crippen molar-refractivity contribution < 1.29 is 4.79 Å². The lowest BCUT2D eigenvalue weighted by atomic mass is 10.2. The largest absolute Gasteiger partial charge is 0.319 e. The van der Waals surface area contributed by atoms with E-state index in [1.807, 2.05) is 48.5 Å². The summed E-state index contributed by atoms with van der Waals surface area (Å²) in [4.78, 5) is 17.3. The molecule has 0 unspecified atom stereocenters. The molecule has 1 heterocycles. The van der Waals surface area contributed by atoms with Gasteiger partial charge < -0.3 is 4.57 Å². The number of thiazole rings is 1. The summed E-state index contributed by atoms with van der Waals surface area (Å²) >= 11 is 9.49. The van der Waals surface area contributed by atoms with Crippen LogP contribution >= 0.6 is 34.7 Å². The zero-order chi connectivity index (χ0) is 18.5. The number of benzene rings is 2. The number of aromatic nitrogens is 1. The first-order valence-electron chi connectivity index (χ1n) is 8.49. The first kappa shape index (κ1) is 19.2. The number of fused-ring (bicyclic) bond motifs is 1. The maximum absolute atomic E-state index is 12.2. The molecule has 3 aromatic rings. The van der Waals surface area contributed by atoms with Crippen LogP contribution < -0.4 is 4.80 Å². The second kappa shape index (κ2) is 8.89. The lowest BCUT2D eigenvalue weighted by Gasteiger charge is -2.01. The molecule has 1 aromatic heterocycles. The topological polar surface area (TPSA) is 34.4 Å². The van der Waals surface area contributed by atoms with E-state index in [1.165, 1.54) is 16.9 Å². The number of aryl methyl sites for hydroxylation is 2. The fourth-order valence-corrected chi connectivity index (χ4v) is 5.24. The van der Waals surface area contributed by atoms with Gasteiger partial charge in [0.05, 0.1) is 10.2 Å². The molecule has 6 heteroatoms. The number of nitrogens with zero attached hydrogens (tertiary/aromatic N) is 2. The number of carbonyl (C=O) groups excluding carboxylic acids is 1. The number of halogens is 1. The molecule has 0 spiro atoms. The molecule has 1 amide bonds. The van der Waals surface area contributed by atoms with Crippen LogP contribution in [0.4, 0.5) is 0 Å². The summed E-state index contributed by atoms with van der Waals surface area (Å²) in [6.45, 7) is 2.02. The Morgan fingerprint density at radius 2 is 2.04 bits per heavy atom. The molecular weight excluding hydrogens is 384 g/mol. The summed E-state index contributed by atoms with van der Waals surface area (Å²) < 4.78 is 3.04. The van der Waals surface area contributed by atoms with Crippen molar-refractivity contribution in [2.75, 3.05) is 5.75 Å². The van der Waals surface area contributed by atoms with Crippen LogP contribution in [-0.4, -0.2) is 16.2 Å². The van der Waals surface area contributed by atoms with Crippen LogP contribution in [0.15, 0.2) is 47.5 Å². The van der Waals surface area contributed by atoms with Gasteiger partial charge in [0.2, 0.25) is 5.91 Å². The van der Waals surface area contributed by atoms with Crippen molar-refractivity contribution in [3.63, 3.8) is 0 Å². The van der Waals surface area contributed by atoms with Crippen molar-refractivity contribution in [1.82, 2.24) is 4.57 Å². The number of hydrogen-bond acceptors (Lipinski definition) is 3. The van der Waals surface area contributed by atoms with Gasteiger partial charge in [-0.3, -0.25) is 4.79 Å². The molecule has 0 aliphatic carbocycles. The van der Waals surface area contributed by atoms with Gasteiger partial charge in [0.15, 0.2) is 4.80 Å². The van der Waals surface area contributed by atoms with Crippen molar-refractivity contribution in [2.45, 2.75) is 25.5 Å². The molecule has 0 atom stereocenters. The van der Waals surface area contributed by atoms with E-state index in [-0.39, 0.29) is 5.91 Å². The second-order valence-corrected chi connectivity index (χ2v) is 8.71. The quantitative estimate of drug-likeness (QED) is 0.519. The highest BCUT2D eigenvalue weighted by molar-refractivity contribution is 7.98. The van der Waals surface area contributed by atoms with E-state index in [9.17, 15) is 4.79 Å². The van der Waals surface area contributed by atoms with E-state index < -0.39 is 0 Å². The molecule has 136 valence electrons. The standard InChI is InChI=1S/C20H21ClN2OS2/c1-14-11-16(21)12-17-19(14)23(2)20(26-17)22-18(24)9-6-10-25-13-15-7-4-3-5-8-15/h3-5,7-8,11-12H,6,9-10,13H2,1-2H3. The molecule has 0 saturated carbocycles. The van der Waals surface area contributed by atoms with Gasteiger partial charge in [-0.25, -0.2) is 0 Å². The van der Waals surface area contributed by atoms with Crippen LogP contribution in [0.2, 0.25) is 5.02 Å². The minimum absolute atomic E-state index is 0.0591. The minimum Gasteiger partial charge on any atom is -0.319 e. The van der Waals surface area contributed by atoms with Crippen LogP contribution in [0.5, 0.6) is 0 Å². The normalized spacial score (nSPS) is 12.0. The van der Waals surface area contributed by atoms with Gasteiger partial charge in [-0.15, -0.1) is 0 Å². The monoisotopic (exact) mass is 404 g/mol. The van der Waals surface area contributed by atoms with Crippen LogP contribution in [0.25, 0.3) is 10.2 Å². The van der Waals surface area contributed by atoms with Crippen molar-refractivity contribution in [3.05, 3.63) is 63.4 Å². The fourth-order valence-electron chi connectivity index (χ4n) is 2.82. The van der Waals surface area contributed by atoms with E-state index >= 15 is 0 Å². The molecule has 0 fully saturated rings. The average Bonchev–Trinajstić information content (AvgIpc) is 2.91. The summed E-state index contributed by atoms with van der Waals surface area (Å²) in [6, 6.07) is 14.3. The van der Waals surface area contributed by atoms with Crippen LogP contribution in [-0.2, 0) is 17.6 Å². The Balaban J connectivity index is 1.58. The molecule has 2 aromatic carbocycles. The summed E-state index contributed by atoms with van der Waals surface area (Å²) in [5.41, 5.74) is 3.50. The van der Waals surface area contributed by atoms with Crippen molar-refractivity contribution >= 4 is 50.8 Å². The van der Waals surface area contributed by atoms with Crippen molar-refractivity contribution in [2.24, 2.45) is 12.0 Å². The fraction of sp³-hybridized carbons (Fsp3) is 0.300. The maximum Gasteiger partial charge on any atom is 0.248 e. The van der Waals surface area contributed by atoms with Crippen LogP contribution in [0.3, 0.4) is 0 Å². The number of carbonyl (C=O) groups is 1. The van der Waals surface area contributed by atoms with E-state index in [0.717, 1.165) is 38.5 Å². The SMILES string of the molecule is Cc1cc(Cl)cc2sc(=NC(=O)CCCSCc3ccccc3)n(C)c12. The number of thioether (sulfide) groups is 1. The number of amides is 1. The Hall–Kier alpha value is -1.56. The van der Waals surface area contributed by atoms with Gasteiger partial charge in [0, 0.05) is 24.2 Å². The number of hydrogen-bond donors (Lipinski definition) is 0. The lowest BCUT2D eigenvalue weighted by Crippen LogP contribution is -2.13. The molecule has 0 saturated heterocycles. The molecule has 0 bridgehead atoms. The zero-order valence-electron chi connectivity index (χ0n) is 14.9. The highest BCUT2D eigenvalue weighted by Crippen LogP contribution is 2.25. The lowest BCUT2D eigenvalue weighted by molar-refractivity contribution is -0.118. The Morgan fingerprint density at radius 1 is 1.27 bits per heavy atom. The third kappa shape index (κ3) is 4.78. The van der Waals surface area contributed by atoms with Gasteiger partial charge in [0.25, 0.3) is 0 Å². The summed E-state index contributed by atoms with van der Waals surface area (Å²) in [5.74, 6) is 1.89. The Kier molecular flexibility index (Phi) is 6.57. The minimum atomic E-state index is -0.0591. The Labute approximate surface area is 166 Å². The van der Waals surface area contributed by atoms with E-state index in [0.29, 0.717) is 11.4 Å². The molecule has 26 heavy (non-hydrogen) atoms. The van der Waals surface area contributed by atoms with Crippen LogP contribution in [0, 0.1) is 6.92 Å². The third-order valence-corrected chi connectivity index (χ3v) is 6.48. The van der Waals surface area contributed by atoms with E-state index in [2.05, 4.69) is 29.3 Å². The summed E-state index contributed by atoms with van der Waals surface area (Å²) in [7, 11) is 1.95. The van der Waals surface area contributed by atoms with Crippen LogP contribution in [0.1, 0.15) is 24.0 Å². The third-order valence-electron chi connectivity index (χ3n) is 4.07. The highest BCUT2D eigenvalue weighted by Gasteiger charge is 2.08. The molecule has 0 aliphatic rings. The van der Waals surface area contributed by atoms with Crippen molar-refractivity contribution in [3.8, 4) is 0 Å². The molecular formula is C20H21ClN2OS2. The molecule has 0 aliphatic heterocycles. The van der Waals surface area contributed by atoms with Gasteiger partial charge in [0.1, 0.15) is 0 Å². The first-order chi connectivity index (χ1) is 12.5. The Morgan fingerprint density at radius 3 is 2.81 bits per heavy atom. The van der Waals surface area contributed by atoms with Gasteiger partial charge >= 0.3 is 0 Å². The first-order valence-corrected chi connectivity index (χ1v) is 10.8. The van der Waals surface area contributed by atoms with Crippen molar-refractivity contribution in [1.29, 1.82) is 0 Å². The summed E-state index contributed by atoms with van der Waals surface area (Å²) in [6.07, 6.45) is 1.33. The predicted octanol–water partition coefficient (Wildman–Crippen LogP) is 5.34. The predicted molar refractivity (Wildman–Crippen MR) is 113 cm³/mol.